The number of carbonyl (C=O) groups is 1. The number of nitrogens with zero attached hydrogens (tertiary/aromatic N) is 4. The summed E-state index contributed by atoms with van der Waals surface area (Å²) < 4.78 is 0. The van der Waals surface area contributed by atoms with Crippen molar-refractivity contribution in [2.75, 3.05) is 18.0 Å². The van der Waals surface area contributed by atoms with Crippen molar-refractivity contribution < 1.29 is 4.79 Å². The molecule has 3 heterocycles. The van der Waals surface area contributed by atoms with Crippen LogP contribution < -0.4 is 10.2 Å². The number of terminal acetylenes is 1. The molecule has 1 saturated heterocycles. The van der Waals surface area contributed by atoms with Gasteiger partial charge in [0.25, 0.3) is 0 Å². The van der Waals surface area contributed by atoms with Crippen LogP contribution in [-0.4, -0.2) is 29.6 Å². The van der Waals surface area contributed by atoms with E-state index in [4.69, 9.17) is 6.42 Å². The van der Waals surface area contributed by atoms with Crippen LogP contribution >= 0.6 is 0 Å². The minimum Gasteiger partial charge on any atom is -0.357 e. The Morgan fingerprint density at radius 1 is 1.24 bits per heavy atom. The number of carbonyl (C=O) groups excluding carboxylic acids is 1. The quantitative estimate of drug-likeness (QED) is 0.740. The van der Waals surface area contributed by atoms with Crippen molar-refractivity contribution >= 4 is 11.7 Å². The minimum atomic E-state index is -0.388. The molecule has 0 aliphatic carbocycles. The smallest absolute Gasteiger partial charge is 0.220 e. The maximum atomic E-state index is 12.0. The Labute approximate surface area is 149 Å². The van der Waals surface area contributed by atoms with E-state index in [0.29, 0.717) is 25.8 Å². The van der Waals surface area contributed by atoms with E-state index in [1.54, 1.807) is 0 Å². The van der Waals surface area contributed by atoms with Gasteiger partial charge in [-0.3, -0.25) is 4.79 Å². The van der Waals surface area contributed by atoms with Gasteiger partial charge in [0.15, 0.2) is 5.66 Å². The minimum absolute atomic E-state index is 0.0116. The lowest BCUT2D eigenvalue weighted by atomic mass is 10.0. The molecular formula is C19H25N5O. The van der Waals surface area contributed by atoms with Crippen molar-refractivity contribution in [2.24, 2.45) is 10.2 Å². The van der Waals surface area contributed by atoms with E-state index in [1.165, 1.54) is 19.3 Å². The highest BCUT2D eigenvalue weighted by molar-refractivity contribution is 5.76. The Hall–Kier alpha value is -2.42. The molecule has 0 spiro atoms. The SMILES string of the molecule is C#CCCC1(CCC(=O)NCc2ccc(N3CCCCC3)nc2)N=N1. The van der Waals surface area contributed by atoms with Gasteiger partial charge in [0.1, 0.15) is 5.82 Å². The number of anilines is 1. The molecule has 2 aliphatic heterocycles. The molecular weight excluding hydrogens is 314 g/mol. The standard InChI is InChI=1S/C19H25N5O/c1-2-3-10-19(22-23-19)11-9-18(25)21-15-16-7-8-17(20-14-16)24-12-5-4-6-13-24/h1,7-8,14H,3-6,9-13,15H2,(H,21,25). The number of piperidine rings is 1. The van der Waals surface area contributed by atoms with Gasteiger partial charge in [-0.15, -0.1) is 12.3 Å². The van der Waals surface area contributed by atoms with Crippen LogP contribution in [0.25, 0.3) is 0 Å². The third-order valence-electron chi connectivity index (χ3n) is 4.78. The number of hydrogen-bond acceptors (Lipinski definition) is 5. The largest absolute Gasteiger partial charge is 0.357 e. The summed E-state index contributed by atoms with van der Waals surface area (Å²) in [5, 5.41) is 11.0. The fourth-order valence-electron chi connectivity index (χ4n) is 3.10. The Morgan fingerprint density at radius 3 is 2.68 bits per heavy atom. The third-order valence-corrected chi connectivity index (χ3v) is 4.78. The molecule has 25 heavy (non-hydrogen) atoms. The maximum Gasteiger partial charge on any atom is 0.220 e. The molecule has 3 rings (SSSR count). The predicted molar refractivity (Wildman–Crippen MR) is 97.0 cm³/mol. The molecule has 1 N–H and O–H groups in total. The number of hydrogen-bond donors (Lipinski definition) is 1. The molecule has 0 unspecified atom stereocenters. The highest BCUT2D eigenvalue weighted by atomic mass is 16.1. The van der Waals surface area contributed by atoms with Crippen LogP contribution in [0.1, 0.15) is 50.5 Å². The van der Waals surface area contributed by atoms with Crippen LogP contribution in [0.15, 0.2) is 28.6 Å². The summed E-state index contributed by atoms with van der Waals surface area (Å²) in [5.41, 5.74) is 0.624. The molecule has 6 nitrogen and oxygen atoms in total. The lowest BCUT2D eigenvalue weighted by molar-refractivity contribution is -0.121. The monoisotopic (exact) mass is 339 g/mol. The van der Waals surface area contributed by atoms with E-state index in [1.807, 2.05) is 18.3 Å². The van der Waals surface area contributed by atoms with Gasteiger partial charge in [0, 0.05) is 51.5 Å². The molecule has 1 aromatic heterocycles. The summed E-state index contributed by atoms with van der Waals surface area (Å²) in [7, 11) is 0. The number of rotatable bonds is 8. The van der Waals surface area contributed by atoms with E-state index in [9.17, 15) is 4.79 Å². The molecule has 132 valence electrons. The topological polar surface area (TPSA) is 70.0 Å². The summed E-state index contributed by atoms with van der Waals surface area (Å²) >= 11 is 0. The molecule has 0 bridgehead atoms. The summed E-state index contributed by atoms with van der Waals surface area (Å²) in [5.74, 6) is 3.64. The number of aromatic nitrogens is 1. The Balaban J connectivity index is 1.39. The van der Waals surface area contributed by atoms with E-state index < -0.39 is 0 Å². The number of pyridine rings is 1. The van der Waals surface area contributed by atoms with Crippen molar-refractivity contribution in [1.29, 1.82) is 0 Å². The molecule has 2 aliphatic rings. The van der Waals surface area contributed by atoms with Crippen LogP contribution in [0.5, 0.6) is 0 Å². The normalized spacial score (nSPS) is 17.8. The first-order valence-corrected chi connectivity index (χ1v) is 9.05. The Kier molecular flexibility index (Phi) is 5.64. The van der Waals surface area contributed by atoms with Gasteiger partial charge < -0.3 is 10.2 Å². The lowest BCUT2D eigenvalue weighted by Gasteiger charge is -2.27. The molecule has 0 radical (unpaired) electrons. The van der Waals surface area contributed by atoms with E-state index in [-0.39, 0.29) is 11.6 Å². The molecule has 1 aromatic rings. The zero-order chi connectivity index (χ0) is 17.5. The first kappa shape index (κ1) is 17.4. The van der Waals surface area contributed by atoms with Gasteiger partial charge in [-0.25, -0.2) is 4.98 Å². The van der Waals surface area contributed by atoms with Crippen LogP contribution in [0.3, 0.4) is 0 Å². The molecule has 1 fully saturated rings. The van der Waals surface area contributed by atoms with Crippen LogP contribution in [0.4, 0.5) is 5.82 Å². The highest BCUT2D eigenvalue weighted by Gasteiger charge is 2.39. The van der Waals surface area contributed by atoms with Crippen molar-refractivity contribution in [1.82, 2.24) is 10.3 Å². The van der Waals surface area contributed by atoms with Crippen molar-refractivity contribution in [3.8, 4) is 12.3 Å². The summed E-state index contributed by atoms with van der Waals surface area (Å²) in [4.78, 5) is 18.9. The van der Waals surface area contributed by atoms with E-state index >= 15 is 0 Å². The Morgan fingerprint density at radius 2 is 2.04 bits per heavy atom. The molecule has 0 aromatic carbocycles. The second kappa shape index (κ2) is 8.11. The summed E-state index contributed by atoms with van der Waals surface area (Å²) in [6.07, 6.45) is 13.3. The maximum absolute atomic E-state index is 12.0. The highest BCUT2D eigenvalue weighted by Crippen LogP contribution is 2.37. The molecule has 0 atom stereocenters. The van der Waals surface area contributed by atoms with Crippen molar-refractivity contribution in [3.63, 3.8) is 0 Å². The van der Waals surface area contributed by atoms with E-state index in [2.05, 4.69) is 31.3 Å². The first-order chi connectivity index (χ1) is 12.2. The van der Waals surface area contributed by atoms with Crippen LogP contribution in [-0.2, 0) is 11.3 Å². The van der Waals surface area contributed by atoms with Gasteiger partial charge in [-0.2, -0.15) is 10.2 Å². The van der Waals surface area contributed by atoms with Crippen LogP contribution in [0, 0.1) is 12.3 Å². The van der Waals surface area contributed by atoms with Crippen LogP contribution in [0.2, 0.25) is 0 Å². The molecule has 1 amide bonds. The van der Waals surface area contributed by atoms with Gasteiger partial charge in [-0.1, -0.05) is 6.07 Å². The van der Waals surface area contributed by atoms with Crippen molar-refractivity contribution in [2.45, 2.75) is 57.2 Å². The molecule has 6 heteroatoms. The first-order valence-electron chi connectivity index (χ1n) is 9.05. The summed E-state index contributed by atoms with van der Waals surface area (Å²) in [6.45, 7) is 2.67. The Bertz CT molecular complexity index is 649. The average Bonchev–Trinajstić information content (AvgIpc) is 3.44. The fraction of sp³-hybridized carbons (Fsp3) is 0.579. The number of nitrogens with one attached hydrogen (secondary N) is 1. The van der Waals surface area contributed by atoms with Crippen molar-refractivity contribution in [3.05, 3.63) is 23.9 Å². The number of amides is 1. The van der Waals surface area contributed by atoms with Gasteiger partial charge >= 0.3 is 0 Å². The van der Waals surface area contributed by atoms with E-state index in [0.717, 1.165) is 30.9 Å². The van der Waals surface area contributed by atoms with Gasteiger partial charge in [0.05, 0.1) is 0 Å². The predicted octanol–water partition coefficient (Wildman–Crippen LogP) is 3.04. The second-order valence-corrected chi connectivity index (χ2v) is 6.74. The van der Waals surface area contributed by atoms with Gasteiger partial charge in [0.2, 0.25) is 5.91 Å². The van der Waals surface area contributed by atoms with Gasteiger partial charge in [-0.05, 0) is 30.9 Å². The zero-order valence-corrected chi connectivity index (χ0v) is 14.6. The molecule has 0 saturated carbocycles. The zero-order valence-electron chi connectivity index (χ0n) is 14.6. The second-order valence-electron chi connectivity index (χ2n) is 6.74. The lowest BCUT2D eigenvalue weighted by Crippen LogP contribution is -2.30. The summed E-state index contributed by atoms with van der Waals surface area (Å²) in [6, 6.07) is 4.08. The average molecular weight is 339 g/mol. The fourth-order valence-corrected chi connectivity index (χ4v) is 3.10. The third kappa shape index (κ3) is 5.02.